The second-order valence-electron chi connectivity index (χ2n) is 4.30. The Labute approximate surface area is 88.0 Å². The molecule has 0 amide bonds. The third kappa shape index (κ3) is 2.96. The molecule has 0 atom stereocenters. The van der Waals surface area contributed by atoms with E-state index in [0.29, 0.717) is 6.10 Å². The highest BCUT2D eigenvalue weighted by atomic mass is 16.5. The molecule has 14 heavy (non-hydrogen) atoms. The molecule has 0 aromatic carbocycles. The highest BCUT2D eigenvalue weighted by Gasteiger charge is 2.34. The van der Waals surface area contributed by atoms with Crippen molar-refractivity contribution in [3.63, 3.8) is 0 Å². The maximum absolute atomic E-state index is 5.95. The number of rotatable bonds is 5. The van der Waals surface area contributed by atoms with Gasteiger partial charge in [-0.3, -0.25) is 0 Å². The van der Waals surface area contributed by atoms with E-state index < -0.39 is 0 Å². The van der Waals surface area contributed by atoms with Crippen molar-refractivity contribution in [1.29, 1.82) is 0 Å². The summed E-state index contributed by atoms with van der Waals surface area (Å²) in [4.78, 5) is 0. The van der Waals surface area contributed by atoms with Crippen molar-refractivity contribution in [2.45, 2.75) is 64.1 Å². The van der Waals surface area contributed by atoms with Crippen LogP contribution in [0.2, 0.25) is 0 Å². The molecule has 2 heteroatoms. The molecule has 0 aromatic rings. The normalized spacial score (nSPS) is 33.2. The second kappa shape index (κ2) is 5.72. The maximum atomic E-state index is 5.95. The standard InChI is InChI=1S/C12H24O2/c1-4-8-12(14-5-2)9-6-11(13-3)7-10-12/h11H,4-10H2,1-3H3. The van der Waals surface area contributed by atoms with E-state index in [1.54, 1.807) is 0 Å². The first-order valence-electron chi connectivity index (χ1n) is 5.93. The molecule has 1 saturated carbocycles. The molecule has 1 aliphatic carbocycles. The molecular weight excluding hydrogens is 176 g/mol. The van der Waals surface area contributed by atoms with Gasteiger partial charge in [-0.05, 0) is 39.0 Å². The van der Waals surface area contributed by atoms with Crippen molar-refractivity contribution in [3.8, 4) is 0 Å². The zero-order valence-corrected chi connectivity index (χ0v) is 9.84. The van der Waals surface area contributed by atoms with Crippen LogP contribution in [0.15, 0.2) is 0 Å². The smallest absolute Gasteiger partial charge is 0.0684 e. The second-order valence-corrected chi connectivity index (χ2v) is 4.30. The first-order valence-corrected chi connectivity index (χ1v) is 5.93. The van der Waals surface area contributed by atoms with Gasteiger partial charge in [-0.1, -0.05) is 13.3 Å². The zero-order valence-electron chi connectivity index (χ0n) is 9.84. The summed E-state index contributed by atoms with van der Waals surface area (Å²) >= 11 is 0. The molecule has 0 radical (unpaired) electrons. The van der Waals surface area contributed by atoms with Crippen LogP contribution in [0.3, 0.4) is 0 Å². The molecule has 1 fully saturated rings. The Kier molecular flexibility index (Phi) is 4.90. The SMILES string of the molecule is CCCC1(OCC)CCC(OC)CC1. The quantitative estimate of drug-likeness (QED) is 0.678. The molecule has 2 nitrogen and oxygen atoms in total. The lowest BCUT2D eigenvalue weighted by atomic mass is 9.80. The average molecular weight is 200 g/mol. The van der Waals surface area contributed by atoms with E-state index in [9.17, 15) is 0 Å². The monoisotopic (exact) mass is 200 g/mol. The average Bonchev–Trinajstić information content (AvgIpc) is 2.20. The van der Waals surface area contributed by atoms with Gasteiger partial charge >= 0.3 is 0 Å². The van der Waals surface area contributed by atoms with Crippen molar-refractivity contribution < 1.29 is 9.47 Å². The minimum absolute atomic E-state index is 0.179. The molecule has 0 bridgehead atoms. The van der Waals surface area contributed by atoms with Crippen LogP contribution >= 0.6 is 0 Å². The van der Waals surface area contributed by atoms with E-state index in [1.807, 2.05) is 7.11 Å². The molecule has 84 valence electrons. The van der Waals surface area contributed by atoms with Crippen LogP contribution in [0.5, 0.6) is 0 Å². The van der Waals surface area contributed by atoms with Crippen LogP contribution in [0.1, 0.15) is 52.4 Å². The third-order valence-corrected chi connectivity index (χ3v) is 3.33. The predicted octanol–water partition coefficient (Wildman–Crippen LogP) is 3.15. The molecule has 1 rings (SSSR count). The number of methoxy groups -OCH3 is 1. The summed E-state index contributed by atoms with van der Waals surface area (Å²) < 4.78 is 11.3. The van der Waals surface area contributed by atoms with E-state index in [-0.39, 0.29) is 5.60 Å². The molecule has 0 N–H and O–H groups in total. The van der Waals surface area contributed by atoms with Gasteiger partial charge in [-0.15, -0.1) is 0 Å². The minimum atomic E-state index is 0.179. The van der Waals surface area contributed by atoms with Gasteiger partial charge in [0.25, 0.3) is 0 Å². The van der Waals surface area contributed by atoms with Crippen LogP contribution in [0, 0.1) is 0 Å². The van der Waals surface area contributed by atoms with Crippen LogP contribution in [0.4, 0.5) is 0 Å². The fraction of sp³-hybridized carbons (Fsp3) is 1.00. The van der Waals surface area contributed by atoms with Gasteiger partial charge in [0, 0.05) is 13.7 Å². The molecule has 0 heterocycles. The molecule has 0 spiro atoms. The summed E-state index contributed by atoms with van der Waals surface area (Å²) in [6.07, 6.45) is 7.57. The van der Waals surface area contributed by atoms with Crippen molar-refractivity contribution in [2.75, 3.05) is 13.7 Å². The molecule has 1 aliphatic rings. The van der Waals surface area contributed by atoms with E-state index in [2.05, 4.69) is 13.8 Å². The van der Waals surface area contributed by atoms with E-state index in [0.717, 1.165) is 19.4 Å². The molecule has 0 aliphatic heterocycles. The fourth-order valence-electron chi connectivity index (χ4n) is 2.58. The predicted molar refractivity (Wildman–Crippen MR) is 58.5 cm³/mol. The van der Waals surface area contributed by atoms with Gasteiger partial charge in [-0.2, -0.15) is 0 Å². The van der Waals surface area contributed by atoms with Crippen LogP contribution in [-0.2, 0) is 9.47 Å². The van der Waals surface area contributed by atoms with E-state index in [1.165, 1.54) is 25.7 Å². The zero-order chi connectivity index (χ0) is 10.4. The summed E-state index contributed by atoms with van der Waals surface area (Å²) in [6.45, 7) is 5.18. The van der Waals surface area contributed by atoms with Gasteiger partial charge < -0.3 is 9.47 Å². The van der Waals surface area contributed by atoms with E-state index >= 15 is 0 Å². The van der Waals surface area contributed by atoms with E-state index in [4.69, 9.17) is 9.47 Å². The van der Waals surface area contributed by atoms with Gasteiger partial charge in [0.15, 0.2) is 0 Å². The summed E-state index contributed by atoms with van der Waals surface area (Å²) in [5, 5.41) is 0. The Hall–Kier alpha value is -0.0800. The van der Waals surface area contributed by atoms with Crippen molar-refractivity contribution in [3.05, 3.63) is 0 Å². The lowest BCUT2D eigenvalue weighted by Gasteiger charge is -2.39. The highest BCUT2D eigenvalue weighted by molar-refractivity contribution is 4.87. The maximum Gasteiger partial charge on any atom is 0.0684 e. The topological polar surface area (TPSA) is 18.5 Å². The molecule has 0 aromatic heterocycles. The summed E-state index contributed by atoms with van der Waals surface area (Å²) in [7, 11) is 1.82. The summed E-state index contributed by atoms with van der Waals surface area (Å²) in [5.41, 5.74) is 0.179. The number of hydrogen-bond acceptors (Lipinski definition) is 2. The highest BCUT2D eigenvalue weighted by Crippen LogP contribution is 2.36. The molecule has 0 saturated heterocycles. The van der Waals surface area contributed by atoms with Gasteiger partial charge in [0.1, 0.15) is 0 Å². The number of ether oxygens (including phenoxy) is 2. The minimum Gasteiger partial charge on any atom is -0.381 e. The lowest BCUT2D eigenvalue weighted by molar-refractivity contribution is -0.0948. The first kappa shape index (κ1) is 12.0. The summed E-state index contributed by atoms with van der Waals surface area (Å²) in [6, 6.07) is 0. The largest absolute Gasteiger partial charge is 0.381 e. The van der Waals surface area contributed by atoms with Crippen LogP contribution in [0.25, 0.3) is 0 Å². The van der Waals surface area contributed by atoms with Gasteiger partial charge in [0.2, 0.25) is 0 Å². The van der Waals surface area contributed by atoms with Crippen molar-refractivity contribution in [2.24, 2.45) is 0 Å². The molecular formula is C12H24O2. The van der Waals surface area contributed by atoms with Gasteiger partial charge in [0.05, 0.1) is 11.7 Å². The fourth-order valence-corrected chi connectivity index (χ4v) is 2.58. The summed E-state index contributed by atoms with van der Waals surface area (Å²) in [5.74, 6) is 0. The van der Waals surface area contributed by atoms with Crippen LogP contribution < -0.4 is 0 Å². The van der Waals surface area contributed by atoms with Crippen molar-refractivity contribution >= 4 is 0 Å². The van der Waals surface area contributed by atoms with Gasteiger partial charge in [-0.25, -0.2) is 0 Å². The van der Waals surface area contributed by atoms with Crippen LogP contribution in [-0.4, -0.2) is 25.4 Å². The lowest BCUT2D eigenvalue weighted by Crippen LogP contribution is -2.39. The van der Waals surface area contributed by atoms with Crippen molar-refractivity contribution in [1.82, 2.24) is 0 Å². The Morgan fingerprint density at radius 3 is 2.29 bits per heavy atom. The Balaban J connectivity index is 2.45. The Morgan fingerprint density at radius 1 is 1.21 bits per heavy atom. The third-order valence-electron chi connectivity index (χ3n) is 3.33. The number of hydrogen-bond donors (Lipinski definition) is 0. The molecule has 0 unspecified atom stereocenters. The first-order chi connectivity index (χ1) is 6.76. The Morgan fingerprint density at radius 2 is 1.86 bits per heavy atom. The Bertz CT molecular complexity index is 140.